The maximum Gasteiger partial charge on any atom is 0.234 e. The molecule has 0 N–H and O–H groups in total. The molecule has 0 aliphatic carbocycles. The van der Waals surface area contributed by atoms with Gasteiger partial charge in [0.1, 0.15) is 0 Å². The van der Waals surface area contributed by atoms with E-state index in [0.29, 0.717) is 52.4 Å². The Balaban J connectivity index is 1.63. The summed E-state index contributed by atoms with van der Waals surface area (Å²) in [5.41, 5.74) is -0.255. The van der Waals surface area contributed by atoms with Crippen molar-refractivity contribution < 1.29 is 28.5 Å². The first-order valence-electron chi connectivity index (χ1n) is 7.82. The Kier molecular flexibility index (Phi) is 7.55. The minimum atomic E-state index is -0.263. The van der Waals surface area contributed by atoms with Gasteiger partial charge >= 0.3 is 0 Å². The van der Waals surface area contributed by atoms with Crippen LogP contribution in [0.5, 0.6) is 0 Å². The predicted octanol–water partition coefficient (Wildman–Crippen LogP) is 0.951. The molecule has 2 rings (SSSR count). The van der Waals surface area contributed by atoms with Crippen LogP contribution in [0.25, 0.3) is 0 Å². The molecule has 2 aliphatic heterocycles. The standard InChI is InChI=1S/C15H22N2O6/c18-11-16-5-1-3-13-20-7-15(8-21-13)9-22-14(23-10-15)4-2-6-17-12-19/h13-14H,1-10H2. The number of carbonyl (C=O) groups excluding carboxylic acids is 2. The Morgan fingerprint density at radius 2 is 1.17 bits per heavy atom. The van der Waals surface area contributed by atoms with E-state index < -0.39 is 0 Å². The van der Waals surface area contributed by atoms with E-state index >= 15 is 0 Å². The van der Waals surface area contributed by atoms with Crippen LogP contribution in [0.3, 0.4) is 0 Å². The predicted molar refractivity (Wildman–Crippen MR) is 78.3 cm³/mol. The van der Waals surface area contributed by atoms with Crippen molar-refractivity contribution in [2.75, 3.05) is 39.5 Å². The molecule has 0 radical (unpaired) electrons. The molecule has 128 valence electrons. The minimum Gasteiger partial charge on any atom is -0.352 e. The minimum absolute atomic E-state index is 0.255. The molecule has 0 aromatic rings. The second kappa shape index (κ2) is 9.67. The number of hydrogen-bond donors (Lipinski definition) is 0. The Bertz CT molecular complexity index is 397. The van der Waals surface area contributed by atoms with Crippen molar-refractivity contribution in [1.82, 2.24) is 0 Å². The fourth-order valence-electron chi connectivity index (χ4n) is 2.52. The van der Waals surface area contributed by atoms with Crippen molar-refractivity contribution in [3.8, 4) is 0 Å². The average molecular weight is 326 g/mol. The molecular weight excluding hydrogens is 304 g/mol. The monoisotopic (exact) mass is 326 g/mol. The van der Waals surface area contributed by atoms with Crippen LogP contribution in [0.15, 0.2) is 9.98 Å². The molecule has 2 heterocycles. The lowest BCUT2D eigenvalue weighted by molar-refractivity contribution is -0.304. The summed E-state index contributed by atoms with van der Waals surface area (Å²) in [5.74, 6) is 0. The van der Waals surface area contributed by atoms with Gasteiger partial charge in [0.2, 0.25) is 12.2 Å². The normalized spacial score (nSPS) is 30.4. The van der Waals surface area contributed by atoms with Crippen LogP contribution in [0.1, 0.15) is 25.7 Å². The molecule has 0 aromatic carbocycles. The second-order valence-corrected chi connectivity index (χ2v) is 5.83. The highest BCUT2D eigenvalue weighted by Crippen LogP contribution is 2.31. The zero-order valence-electron chi connectivity index (χ0n) is 13.1. The molecule has 0 amide bonds. The number of rotatable bonds is 8. The summed E-state index contributed by atoms with van der Waals surface area (Å²) in [6, 6.07) is 0. The van der Waals surface area contributed by atoms with Crippen LogP contribution in [0.2, 0.25) is 0 Å². The third kappa shape index (κ3) is 5.95. The molecule has 2 saturated heterocycles. The van der Waals surface area contributed by atoms with Gasteiger partial charge in [-0.2, -0.15) is 0 Å². The van der Waals surface area contributed by atoms with Crippen molar-refractivity contribution >= 4 is 12.2 Å². The third-order valence-corrected chi connectivity index (χ3v) is 3.85. The summed E-state index contributed by atoms with van der Waals surface area (Å²) in [4.78, 5) is 27.0. The van der Waals surface area contributed by atoms with Gasteiger partial charge in [0, 0.05) is 12.8 Å². The maximum atomic E-state index is 9.98. The van der Waals surface area contributed by atoms with E-state index in [-0.39, 0.29) is 18.0 Å². The molecule has 2 fully saturated rings. The van der Waals surface area contributed by atoms with Crippen molar-refractivity contribution in [1.29, 1.82) is 0 Å². The van der Waals surface area contributed by atoms with Crippen molar-refractivity contribution in [3.05, 3.63) is 0 Å². The second-order valence-electron chi connectivity index (χ2n) is 5.83. The van der Waals surface area contributed by atoms with Gasteiger partial charge in [-0.3, -0.25) is 0 Å². The lowest BCUT2D eigenvalue weighted by atomic mass is 9.90. The Hall–Kier alpha value is -1.40. The molecule has 8 heteroatoms. The molecule has 0 unspecified atom stereocenters. The Morgan fingerprint density at radius 1 is 0.783 bits per heavy atom. The molecule has 1 spiro atoms. The highest BCUT2D eigenvalue weighted by atomic mass is 16.7. The van der Waals surface area contributed by atoms with Crippen molar-refractivity contribution in [2.24, 2.45) is 15.4 Å². The van der Waals surface area contributed by atoms with E-state index in [1.807, 2.05) is 0 Å². The van der Waals surface area contributed by atoms with Crippen LogP contribution in [-0.2, 0) is 28.5 Å². The van der Waals surface area contributed by atoms with Crippen LogP contribution < -0.4 is 0 Å². The molecule has 0 aromatic heterocycles. The van der Waals surface area contributed by atoms with E-state index in [2.05, 4.69) is 9.98 Å². The van der Waals surface area contributed by atoms with Gasteiger partial charge in [-0.1, -0.05) is 0 Å². The smallest absolute Gasteiger partial charge is 0.234 e. The first-order valence-corrected chi connectivity index (χ1v) is 7.82. The summed E-state index contributed by atoms with van der Waals surface area (Å²) in [6.45, 7) is 2.99. The van der Waals surface area contributed by atoms with E-state index in [1.165, 1.54) is 12.2 Å². The SMILES string of the molecule is O=C=NCCCC1OCC2(CO1)COC(CCCN=C=O)OC2. The van der Waals surface area contributed by atoms with Gasteiger partial charge in [-0.25, -0.2) is 19.6 Å². The quantitative estimate of drug-likeness (QED) is 0.374. The zero-order valence-corrected chi connectivity index (χ0v) is 13.1. The van der Waals surface area contributed by atoms with Gasteiger partial charge in [0.25, 0.3) is 0 Å². The lowest BCUT2D eigenvalue weighted by Gasteiger charge is -2.43. The van der Waals surface area contributed by atoms with Gasteiger partial charge in [-0.05, 0) is 12.8 Å². The number of aliphatic imine (C=N–C) groups is 2. The molecule has 2 aliphatic rings. The van der Waals surface area contributed by atoms with Crippen LogP contribution in [0.4, 0.5) is 0 Å². The molecule has 23 heavy (non-hydrogen) atoms. The number of hydrogen-bond acceptors (Lipinski definition) is 8. The number of isocyanates is 2. The van der Waals surface area contributed by atoms with Crippen LogP contribution in [-0.4, -0.2) is 64.3 Å². The summed E-state index contributed by atoms with van der Waals surface area (Å²) < 4.78 is 22.9. The molecule has 0 bridgehead atoms. The Morgan fingerprint density at radius 3 is 1.52 bits per heavy atom. The number of ether oxygens (including phenoxy) is 4. The van der Waals surface area contributed by atoms with Crippen LogP contribution in [0, 0.1) is 5.41 Å². The highest BCUT2D eigenvalue weighted by molar-refractivity contribution is 5.32. The van der Waals surface area contributed by atoms with E-state index in [0.717, 1.165) is 12.8 Å². The third-order valence-electron chi connectivity index (χ3n) is 3.85. The van der Waals surface area contributed by atoms with Crippen LogP contribution >= 0.6 is 0 Å². The highest BCUT2D eigenvalue weighted by Gasteiger charge is 2.41. The van der Waals surface area contributed by atoms with E-state index in [4.69, 9.17) is 18.9 Å². The fourth-order valence-corrected chi connectivity index (χ4v) is 2.52. The summed E-state index contributed by atoms with van der Waals surface area (Å²) in [5, 5.41) is 0. The van der Waals surface area contributed by atoms with E-state index in [9.17, 15) is 9.59 Å². The van der Waals surface area contributed by atoms with Crippen molar-refractivity contribution in [3.63, 3.8) is 0 Å². The first-order chi connectivity index (χ1) is 11.3. The summed E-state index contributed by atoms with van der Waals surface area (Å²) in [6.07, 6.45) is 5.35. The van der Waals surface area contributed by atoms with E-state index in [1.54, 1.807) is 0 Å². The zero-order chi connectivity index (χ0) is 16.4. The fraction of sp³-hybridized carbons (Fsp3) is 0.867. The summed E-state index contributed by atoms with van der Waals surface area (Å²) >= 11 is 0. The summed E-state index contributed by atoms with van der Waals surface area (Å²) in [7, 11) is 0. The first kappa shape index (κ1) is 17.9. The van der Waals surface area contributed by atoms with Gasteiger partial charge in [-0.15, -0.1) is 0 Å². The molecular formula is C15H22N2O6. The van der Waals surface area contributed by atoms with Gasteiger partial charge in [0.15, 0.2) is 12.6 Å². The largest absolute Gasteiger partial charge is 0.352 e. The molecule has 0 saturated carbocycles. The maximum absolute atomic E-state index is 9.98. The molecule has 0 atom stereocenters. The van der Waals surface area contributed by atoms with Crippen molar-refractivity contribution in [2.45, 2.75) is 38.3 Å². The topological polar surface area (TPSA) is 95.8 Å². The lowest BCUT2D eigenvalue weighted by Crippen LogP contribution is -2.52. The Labute approximate surface area is 134 Å². The van der Waals surface area contributed by atoms with Gasteiger partial charge < -0.3 is 18.9 Å². The average Bonchev–Trinajstić information content (AvgIpc) is 2.59. The van der Waals surface area contributed by atoms with Gasteiger partial charge in [0.05, 0.1) is 44.9 Å². The molecule has 8 nitrogen and oxygen atoms in total. The number of nitrogens with zero attached hydrogens (tertiary/aromatic N) is 2.